The number of likely N-dealkylation sites (N-methyl/N-ethyl adjacent to an activating group) is 1. The van der Waals surface area contributed by atoms with Gasteiger partial charge in [-0.2, -0.15) is 0 Å². The van der Waals surface area contributed by atoms with E-state index < -0.39 is 0 Å². The van der Waals surface area contributed by atoms with Crippen molar-refractivity contribution in [2.75, 3.05) is 56.5 Å². The first-order chi connectivity index (χ1) is 15.6. The van der Waals surface area contributed by atoms with Crippen molar-refractivity contribution < 1.29 is 9.59 Å². The van der Waals surface area contributed by atoms with E-state index in [9.17, 15) is 9.59 Å². The Morgan fingerprint density at radius 1 is 0.938 bits per heavy atom. The molecular weight excluding hydrogens is 402 g/mol. The molecular formula is C25H27N5O2. The van der Waals surface area contributed by atoms with E-state index in [0.29, 0.717) is 38.3 Å². The van der Waals surface area contributed by atoms with E-state index in [1.54, 1.807) is 0 Å². The zero-order chi connectivity index (χ0) is 22.1. The fourth-order valence-electron chi connectivity index (χ4n) is 4.57. The number of nitrogens with one attached hydrogen (secondary N) is 1. The van der Waals surface area contributed by atoms with Gasteiger partial charge in [0, 0.05) is 56.3 Å². The van der Waals surface area contributed by atoms with Gasteiger partial charge in [-0.1, -0.05) is 36.4 Å². The second-order valence-corrected chi connectivity index (χ2v) is 8.46. The van der Waals surface area contributed by atoms with E-state index in [1.807, 2.05) is 66.5 Å². The van der Waals surface area contributed by atoms with Crippen LogP contribution in [0.2, 0.25) is 0 Å². The number of hydrogen-bond donors (Lipinski definition) is 1. The number of pyridine rings is 1. The van der Waals surface area contributed by atoms with Gasteiger partial charge >= 0.3 is 0 Å². The summed E-state index contributed by atoms with van der Waals surface area (Å²) in [5.74, 6) is 0.977. The van der Waals surface area contributed by atoms with Crippen molar-refractivity contribution in [3.05, 3.63) is 65.7 Å². The van der Waals surface area contributed by atoms with Crippen molar-refractivity contribution in [3.8, 4) is 0 Å². The highest BCUT2D eigenvalue weighted by molar-refractivity contribution is 6.04. The van der Waals surface area contributed by atoms with Crippen LogP contribution in [0, 0.1) is 0 Å². The zero-order valence-corrected chi connectivity index (χ0v) is 18.3. The molecule has 0 atom stereocenters. The van der Waals surface area contributed by atoms with Gasteiger partial charge in [0.1, 0.15) is 5.82 Å². The van der Waals surface area contributed by atoms with Gasteiger partial charge in [-0.3, -0.25) is 14.5 Å². The molecule has 1 aromatic heterocycles. The molecule has 2 aliphatic heterocycles. The minimum absolute atomic E-state index is 0.0269. The van der Waals surface area contributed by atoms with Crippen LogP contribution in [0.5, 0.6) is 0 Å². The number of nitrogens with zero attached hydrogens (tertiary/aromatic N) is 4. The molecule has 2 amide bonds. The molecule has 0 saturated carbocycles. The maximum atomic E-state index is 13.0. The van der Waals surface area contributed by atoms with Gasteiger partial charge in [0.25, 0.3) is 5.91 Å². The predicted octanol–water partition coefficient (Wildman–Crippen LogP) is 2.62. The van der Waals surface area contributed by atoms with Crippen molar-refractivity contribution >= 4 is 34.2 Å². The topological polar surface area (TPSA) is 68.8 Å². The first-order valence-electron chi connectivity index (χ1n) is 11.1. The van der Waals surface area contributed by atoms with Crippen molar-refractivity contribution in [2.24, 2.45) is 0 Å². The minimum atomic E-state index is -0.0269. The molecule has 2 aromatic carbocycles. The molecule has 3 heterocycles. The van der Waals surface area contributed by atoms with Gasteiger partial charge in [0.15, 0.2) is 0 Å². The summed E-state index contributed by atoms with van der Waals surface area (Å²) < 4.78 is 0. The van der Waals surface area contributed by atoms with Crippen LogP contribution in [0.4, 0.5) is 11.5 Å². The van der Waals surface area contributed by atoms with Crippen molar-refractivity contribution in [2.45, 2.75) is 6.42 Å². The number of piperazine rings is 1. The largest absolute Gasteiger partial charge is 0.359 e. The lowest BCUT2D eigenvalue weighted by Crippen LogP contribution is -2.50. The minimum Gasteiger partial charge on any atom is -0.359 e. The monoisotopic (exact) mass is 429 g/mol. The number of carbonyl (C=O) groups excluding carboxylic acids is 2. The van der Waals surface area contributed by atoms with Gasteiger partial charge in [-0.25, -0.2) is 4.98 Å². The van der Waals surface area contributed by atoms with Gasteiger partial charge < -0.3 is 15.1 Å². The maximum Gasteiger partial charge on any atom is 0.253 e. The quantitative estimate of drug-likeness (QED) is 0.691. The van der Waals surface area contributed by atoms with E-state index >= 15 is 0 Å². The van der Waals surface area contributed by atoms with Crippen LogP contribution in [0.3, 0.4) is 0 Å². The molecule has 7 heteroatoms. The smallest absolute Gasteiger partial charge is 0.253 e. The van der Waals surface area contributed by atoms with Gasteiger partial charge in [-0.05, 0) is 24.6 Å². The number of hydrogen-bond acceptors (Lipinski definition) is 5. The van der Waals surface area contributed by atoms with Crippen molar-refractivity contribution in [3.63, 3.8) is 0 Å². The number of amides is 2. The van der Waals surface area contributed by atoms with E-state index in [1.165, 1.54) is 0 Å². The average Bonchev–Trinajstić information content (AvgIpc) is 3.20. The summed E-state index contributed by atoms with van der Waals surface area (Å²) >= 11 is 0. The Labute approximate surface area is 187 Å². The Hall–Kier alpha value is -3.45. The molecule has 5 rings (SSSR count). The second-order valence-electron chi connectivity index (χ2n) is 8.46. The summed E-state index contributed by atoms with van der Waals surface area (Å²) in [6.45, 7) is 3.83. The lowest BCUT2D eigenvalue weighted by atomic mass is 10.1. The Balaban J connectivity index is 1.25. The molecule has 0 spiro atoms. The van der Waals surface area contributed by atoms with Crippen molar-refractivity contribution in [1.29, 1.82) is 0 Å². The van der Waals surface area contributed by atoms with E-state index in [2.05, 4.69) is 15.1 Å². The lowest BCUT2D eigenvalue weighted by molar-refractivity contribution is -0.117. The molecule has 0 aliphatic carbocycles. The fourth-order valence-corrected chi connectivity index (χ4v) is 4.57. The molecule has 1 N–H and O–H groups in total. The Kier molecular flexibility index (Phi) is 5.49. The number of carbonyl (C=O) groups is 2. The first kappa shape index (κ1) is 20.5. The van der Waals surface area contributed by atoms with Gasteiger partial charge in [0.05, 0.1) is 17.7 Å². The SMILES string of the molecule is CN1CCc2c1nc1ccccc1c2NC(=O)CN1CCN(C(=O)c2ccccc2)CC1. The maximum absolute atomic E-state index is 13.0. The highest BCUT2D eigenvalue weighted by Crippen LogP contribution is 2.36. The Morgan fingerprint density at radius 3 is 2.44 bits per heavy atom. The summed E-state index contributed by atoms with van der Waals surface area (Å²) in [7, 11) is 2.04. The first-order valence-corrected chi connectivity index (χ1v) is 11.1. The third-order valence-electron chi connectivity index (χ3n) is 6.34. The second kappa shape index (κ2) is 8.59. The predicted molar refractivity (Wildman–Crippen MR) is 126 cm³/mol. The molecule has 7 nitrogen and oxygen atoms in total. The van der Waals surface area contributed by atoms with Crippen LogP contribution in [0.15, 0.2) is 54.6 Å². The Bertz CT molecular complexity index is 1160. The standard InChI is InChI=1S/C25H27N5O2/c1-28-12-11-20-23(19-9-5-6-10-21(19)26-24(20)28)27-22(31)17-29-13-15-30(16-14-29)25(32)18-7-3-2-4-8-18/h2-10H,11-17H2,1H3,(H,26,27,31). The molecule has 32 heavy (non-hydrogen) atoms. The molecule has 0 unspecified atom stereocenters. The van der Waals surface area contributed by atoms with Gasteiger partial charge in [0.2, 0.25) is 5.91 Å². The molecule has 164 valence electrons. The molecule has 0 radical (unpaired) electrons. The number of anilines is 2. The molecule has 2 aliphatic rings. The summed E-state index contributed by atoms with van der Waals surface area (Å²) in [5.41, 5.74) is 3.60. The number of para-hydroxylation sites is 1. The number of rotatable bonds is 4. The fraction of sp³-hybridized carbons (Fsp3) is 0.320. The summed E-state index contributed by atoms with van der Waals surface area (Å²) in [6.07, 6.45) is 0.875. The number of fused-ring (bicyclic) bond motifs is 2. The number of aromatic nitrogens is 1. The van der Waals surface area contributed by atoms with Crippen LogP contribution in [-0.2, 0) is 11.2 Å². The lowest BCUT2D eigenvalue weighted by Gasteiger charge is -2.34. The van der Waals surface area contributed by atoms with E-state index in [0.717, 1.165) is 40.9 Å². The highest BCUT2D eigenvalue weighted by atomic mass is 16.2. The number of benzene rings is 2. The zero-order valence-electron chi connectivity index (χ0n) is 18.3. The molecule has 1 fully saturated rings. The average molecular weight is 430 g/mol. The molecule has 1 saturated heterocycles. The molecule has 3 aromatic rings. The Morgan fingerprint density at radius 2 is 1.66 bits per heavy atom. The van der Waals surface area contributed by atoms with Crippen LogP contribution >= 0.6 is 0 Å². The third kappa shape index (κ3) is 3.91. The van der Waals surface area contributed by atoms with Crippen LogP contribution in [0.1, 0.15) is 15.9 Å². The van der Waals surface area contributed by atoms with Gasteiger partial charge in [-0.15, -0.1) is 0 Å². The highest BCUT2D eigenvalue weighted by Gasteiger charge is 2.26. The normalized spacial score (nSPS) is 16.3. The summed E-state index contributed by atoms with van der Waals surface area (Å²) in [6, 6.07) is 17.3. The van der Waals surface area contributed by atoms with Crippen LogP contribution in [0.25, 0.3) is 10.9 Å². The van der Waals surface area contributed by atoms with Crippen molar-refractivity contribution in [1.82, 2.24) is 14.8 Å². The van der Waals surface area contributed by atoms with E-state index in [4.69, 9.17) is 4.98 Å². The third-order valence-corrected chi connectivity index (χ3v) is 6.34. The molecule has 0 bridgehead atoms. The summed E-state index contributed by atoms with van der Waals surface area (Å²) in [5, 5.41) is 4.16. The van der Waals surface area contributed by atoms with Crippen LogP contribution in [-0.4, -0.2) is 72.9 Å². The van der Waals surface area contributed by atoms with Crippen LogP contribution < -0.4 is 10.2 Å². The van der Waals surface area contributed by atoms with E-state index in [-0.39, 0.29) is 11.8 Å². The summed E-state index contributed by atoms with van der Waals surface area (Å²) in [4.78, 5) is 36.5.